The van der Waals surface area contributed by atoms with Gasteiger partial charge >= 0.3 is 0 Å². The van der Waals surface area contributed by atoms with Crippen LogP contribution in [0.25, 0.3) is 0 Å². The lowest BCUT2D eigenvalue weighted by Crippen LogP contribution is -2.29. The standard InChI is InChI=1S/C17H24N4O2/c1-17(2,3)12-5-6-14-13(7-12)15(20-23-14)16(22)18-8-11-9-19-21(4)10-11/h9-10,12H,5-8H2,1-4H3,(H,18,22)/t12-/m1/s1. The lowest BCUT2D eigenvalue weighted by molar-refractivity contribution is 0.0940. The van der Waals surface area contributed by atoms with Crippen LogP contribution in [0.1, 0.15) is 54.6 Å². The van der Waals surface area contributed by atoms with Crippen LogP contribution in [0.15, 0.2) is 16.9 Å². The monoisotopic (exact) mass is 316 g/mol. The molecule has 0 unspecified atom stereocenters. The number of nitrogens with zero attached hydrogens (tertiary/aromatic N) is 3. The molecule has 0 saturated heterocycles. The third-order valence-electron chi connectivity index (χ3n) is 4.69. The van der Waals surface area contributed by atoms with E-state index in [-0.39, 0.29) is 11.3 Å². The van der Waals surface area contributed by atoms with E-state index in [1.165, 1.54) is 0 Å². The van der Waals surface area contributed by atoms with Gasteiger partial charge in [0.05, 0.1) is 6.20 Å². The van der Waals surface area contributed by atoms with Crippen molar-refractivity contribution in [3.05, 3.63) is 35.0 Å². The van der Waals surface area contributed by atoms with Crippen LogP contribution in [0.5, 0.6) is 0 Å². The van der Waals surface area contributed by atoms with E-state index < -0.39 is 0 Å². The molecule has 124 valence electrons. The van der Waals surface area contributed by atoms with Gasteiger partial charge in [-0.25, -0.2) is 0 Å². The maximum atomic E-state index is 12.5. The molecular formula is C17H24N4O2. The molecule has 2 aromatic rings. The Balaban J connectivity index is 1.72. The van der Waals surface area contributed by atoms with Crippen LogP contribution in [-0.2, 0) is 26.4 Å². The molecule has 1 aliphatic carbocycles. The highest BCUT2D eigenvalue weighted by atomic mass is 16.5. The van der Waals surface area contributed by atoms with E-state index in [1.54, 1.807) is 10.9 Å². The van der Waals surface area contributed by atoms with Crippen molar-refractivity contribution in [1.29, 1.82) is 0 Å². The van der Waals surface area contributed by atoms with Crippen molar-refractivity contribution in [2.75, 3.05) is 0 Å². The summed E-state index contributed by atoms with van der Waals surface area (Å²) in [6.45, 7) is 7.19. The molecule has 6 nitrogen and oxygen atoms in total. The van der Waals surface area contributed by atoms with Gasteiger partial charge in [0.15, 0.2) is 5.69 Å². The summed E-state index contributed by atoms with van der Waals surface area (Å²) in [5.74, 6) is 1.24. The van der Waals surface area contributed by atoms with Crippen LogP contribution in [0.2, 0.25) is 0 Å². The highest BCUT2D eigenvalue weighted by molar-refractivity contribution is 5.93. The van der Waals surface area contributed by atoms with E-state index in [0.717, 1.165) is 36.1 Å². The molecule has 0 radical (unpaired) electrons. The van der Waals surface area contributed by atoms with Crippen molar-refractivity contribution < 1.29 is 9.32 Å². The zero-order valence-corrected chi connectivity index (χ0v) is 14.2. The minimum atomic E-state index is -0.173. The fourth-order valence-corrected chi connectivity index (χ4v) is 3.15. The topological polar surface area (TPSA) is 73.0 Å². The molecule has 0 bridgehead atoms. The molecule has 0 aliphatic heterocycles. The Morgan fingerprint density at radius 1 is 1.48 bits per heavy atom. The second kappa shape index (κ2) is 5.83. The quantitative estimate of drug-likeness (QED) is 0.944. The van der Waals surface area contributed by atoms with Gasteiger partial charge in [0.1, 0.15) is 5.76 Å². The van der Waals surface area contributed by atoms with Crippen molar-refractivity contribution in [2.45, 2.75) is 46.6 Å². The number of hydrogen-bond acceptors (Lipinski definition) is 4. The van der Waals surface area contributed by atoms with E-state index in [4.69, 9.17) is 4.52 Å². The number of aryl methyl sites for hydroxylation is 2. The number of amides is 1. The molecule has 2 aromatic heterocycles. The predicted octanol–water partition coefficient (Wildman–Crippen LogP) is 2.49. The second-order valence-electron chi connectivity index (χ2n) is 7.44. The molecule has 0 spiro atoms. The van der Waals surface area contributed by atoms with Crippen LogP contribution < -0.4 is 5.32 Å². The average molecular weight is 316 g/mol. The van der Waals surface area contributed by atoms with Gasteiger partial charge in [-0.1, -0.05) is 25.9 Å². The maximum absolute atomic E-state index is 12.5. The lowest BCUT2D eigenvalue weighted by Gasteiger charge is -2.33. The van der Waals surface area contributed by atoms with Crippen LogP contribution in [0, 0.1) is 11.3 Å². The molecule has 2 heterocycles. The summed E-state index contributed by atoms with van der Waals surface area (Å²) in [5, 5.41) is 11.0. The van der Waals surface area contributed by atoms with Gasteiger partial charge in [0.2, 0.25) is 0 Å². The van der Waals surface area contributed by atoms with E-state index in [2.05, 4.69) is 36.3 Å². The van der Waals surface area contributed by atoms with Gasteiger partial charge in [0.25, 0.3) is 5.91 Å². The Hall–Kier alpha value is -2.11. The Morgan fingerprint density at radius 3 is 2.91 bits per heavy atom. The molecule has 3 rings (SSSR count). The van der Waals surface area contributed by atoms with Gasteiger partial charge in [-0.15, -0.1) is 0 Å². The maximum Gasteiger partial charge on any atom is 0.274 e. The SMILES string of the molecule is Cn1cc(CNC(=O)c2noc3c2C[C@H](C(C)(C)C)CC3)cn1. The van der Waals surface area contributed by atoms with Crippen LogP contribution in [0.3, 0.4) is 0 Å². The van der Waals surface area contributed by atoms with Gasteiger partial charge in [-0.2, -0.15) is 5.10 Å². The number of rotatable bonds is 3. The Labute approximate surface area is 136 Å². The van der Waals surface area contributed by atoms with Gasteiger partial charge in [0, 0.05) is 37.3 Å². The molecule has 1 amide bonds. The fourth-order valence-electron chi connectivity index (χ4n) is 3.15. The first-order valence-electron chi connectivity index (χ1n) is 8.07. The summed E-state index contributed by atoms with van der Waals surface area (Å²) in [5.41, 5.74) is 2.61. The van der Waals surface area contributed by atoms with Crippen molar-refractivity contribution in [3.8, 4) is 0 Å². The first-order chi connectivity index (χ1) is 10.8. The largest absolute Gasteiger partial charge is 0.360 e. The van der Waals surface area contributed by atoms with E-state index in [1.807, 2.05) is 13.2 Å². The van der Waals surface area contributed by atoms with Gasteiger partial charge in [-0.05, 0) is 24.2 Å². The van der Waals surface area contributed by atoms with Crippen LogP contribution in [-0.4, -0.2) is 20.8 Å². The second-order valence-corrected chi connectivity index (χ2v) is 7.44. The number of aromatic nitrogens is 3. The van der Waals surface area contributed by atoms with Crippen molar-refractivity contribution in [1.82, 2.24) is 20.3 Å². The molecule has 0 fully saturated rings. The summed E-state index contributed by atoms with van der Waals surface area (Å²) < 4.78 is 7.11. The summed E-state index contributed by atoms with van der Waals surface area (Å²) in [4.78, 5) is 12.5. The molecule has 6 heteroatoms. The molecule has 0 aromatic carbocycles. The number of carbonyl (C=O) groups excluding carboxylic acids is 1. The molecule has 1 aliphatic rings. The molecule has 23 heavy (non-hydrogen) atoms. The molecule has 1 N–H and O–H groups in total. The summed E-state index contributed by atoms with van der Waals surface area (Å²) in [7, 11) is 1.85. The number of hydrogen-bond donors (Lipinski definition) is 1. The molecular weight excluding hydrogens is 292 g/mol. The minimum Gasteiger partial charge on any atom is -0.360 e. The highest BCUT2D eigenvalue weighted by Crippen LogP contribution is 2.38. The predicted molar refractivity (Wildman–Crippen MR) is 85.9 cm³/mol. The van der Waals surface area contributed by atoms with Gasteiger partial charge < -0.3 is 9.84 Å². The van der Waals surface area contributed by atoms with Crippen LogP contribution >= 0.6 is 0 Å². The highest BCUT2D eigenvalue weighted by Gasteiger charge is 2.34. The normalized spacial score (nSPS) is 17.8. The number of nitrogens with one attached hydrogen (secondary N) is 1. The first-order valence-corrected chi connectivity index (χ1v) is 8.07. The summed E-state index contributed by atoms with van der Waals surface area (Å²) in [6.07, 6.45) is 6.43. The zero-order chi connectivity index (χ0) is 16.6. The van der Waals surface area contributed by atoms with E-state index in [0.29, 0.717) is 18.2 Å². The van der Waals surface area contributed by atoms with E-state index >= 15 is 0 Å². The van der Waals surface area contributed by atoms with Crippen molar-refractivity contribution in [3.63, 3.8) is 0 Å². The average Bonchev–Trinajstić information content (AvgIpc) is 3.09. The first kappa shape index (κ1) is 15.8. The third kappa shape index (κ3) is 3.30. The third-order valence-corrected chi connectivity index (χ3v) is 4.69. The number of carbonyl (C=O) groups is 1. The minimum absolute atomic E-state index is 0.173. The van der Waals surface area contributed by atoms with Crippen molar-refractivity contribution in [2.24, 2.45) is 18.4 Å². The molecule has 0 saturated carbocycles. The number of fused-ring (bicyclic) bond motifs is 1. The zero-order valence-electron chi connectivity index (χ0n) is 14.2. The fraction of sp³-hybridized carbons (Fsp3) is 0.588. The Bertz CT molecular complexity index is 708. The van der Waals surface area contributed by atoms with Crippen molar-refractivity contribution >= 4 is 5.91 Å². The summed E-state index contributed by atoms with van der Waals surface area (Å²) in [6, 6.07) is 0. The van der Waals surface area contributed by atoms with Gasteiger partial charge in [-0.3, -0.25) is 9.48 Å². The smallest absolute Gasteiger partial charge is 0.274 e. The molecule has 1 atom stereocenters. The van der Waals surface area contributed by atoms with E-state index in [9.17, 15) is 4.79 Å². The lowest BCUT2D eigenvalue weighted by atomic mass is 9.71. The van der Waals surface area contributed by atoms with Crippen LogP contribution in [0.4, 0.5) is 0 Å². The Morgan fingerprint density at radius 2 is 2.26 bits per heavy atom. The Kier molecular flexibility index (Phi) is 4.00. The summed E-state index contributed by atoms with van der Waals surface area (Å²) >= 11 is 0.